The largest absolute Gasteiger partial charge is 0.309 e. The van der Waals surface area contributed by atoms with E-state index < -0.39 is 8.07 Å². The molecule has 0 aliphatic carbocycles. The van der Waals surface area contributed by atoms with Crippen molar-refractivity contribution in [3.8, 4) is 77.0 Å². The van der Waals surface area contributed by atoms with Gasteiger partial charge in [-0.2, -0.15) is 0 Å². The van der Waals surface area contributed by atoms with Crippen LogP contribution >= 0.6 is 22.7 Å². The van der Waals surface area contributed by atoms with Crippen LogP contribution in [0.3, 0.4) is 0 Å². The molecule has 12 aromatic carbocycles. The van der Waals surface area contributed by atoms with E-state index in [9.17, 15) is 0 Å². The third-order valence-electron chi connectivity index (χ3n) is 17.4. The van der Waals surface area contributed by atoms with Crippen LogP contribution in [-0.4, -0.2) is 27.2 Å². The normalized spacial score (nSPS) is 13.0. The summed E-state index contributed by atoms with van der Waals surface area (Å²) in [4.78, 5) is 10.9. The molecule has 0 atom stereocenters. The summed E-state index contributed by atoms with van der Waals surface area (Å²) in [5.74, 6) is 0. The molecule has 4 aromatic heterocycles. The summed E-state index contributed by atoms with van der Waals surface area (Å²) in [6.45, 7) is 0. The molecule has 18 rings (SSSR count). The van der Waals surface area contributed by atoms with Crippen LogP contribution in [0.1, 0.15) is 0 Å². The summed E-state index contributed by atoms with van der Waals surface area (Å²) >= 11 is 3.58. The molecule has 0 bridgehead atoms. The van der Waals surface area contributed by atoms with Gasteiger partial charge < -0.3 is 9.13 Å². The minimum absolute atomic E-state index is 1.03. The first-order valence-electron chi connectivity index (χ1n) is 27.6. The van der Waals surface area contributed by atoms with Crippen LogP contribution in [-0.2, 0) is 0 Å². The number of hydrogen-bond acceptors (Lipinski definition) is 4. The number of fused-ring (bicyclic) bond motifs is 18. The minimum Gasteiger partial charge on any atom is -0.309 e. The van der Waals surface area contributed by atoms with E-state index in [0.29, 0.717) is 0 Å². The van der Waals surface area contributed by atoms with Crippen molar-refractivity contribution in [2.45, 2.75) is 0 Å². The molecule has 7 heteroatoms. The summed E-state index contributed by atoms with van der Waals surface area (Å²) in [6, 6.07) is 99.7. The Labute approximate surface area is 475 Å². The summed E-state index contributed by atoms with van der Waals surface area (Å²) in [7, 11) is -3.23. The lowest BCUT2D eigenvalue weighted by molar-refractivity contribution is 1.18. The molecular weight excluding hydrogens is 1040 g/mol. The first-order chi connectivity index (χ1) is 40.2. The molecule has 0 saturated carbocycles. The highest BCUT2D eigenvalue weighted by Crippen LogP contribution is 2.50. The van der Waals surface area contributed by atoms with Gasteiger partial charge in [-0.15, -0.1) is 22.7 Å². The molecule has 0 unspecified atom stereocenters. The van der Waals surface area contributed by atoms with Gasteiger partial charge in [0.25, 0.3) is 0 Å². The number of rotatable bonds is 6. The summed E-state index contributed by atoms with van der Waals surface area (Å²) < 4.78 is 7.27. The van der Waals surface area contributed by atoms with Gasteiger partial charge in [0.15, 0.2) is 8.07 Å². The van der Waals surface area contributed by atoms with E-state index in [2.05, 4.69) is 276 Å². The fraction of sp³-hybridized carbons (Fsp3) is 0. The zero-order valence-corrected chi connectivity index (χ0v) is 46.1. The Balaban J connectivity index is 0.972. The summed E-state index contributed by atoms with van der Waals surface area (Å²) in [6.07, 6.45) is 0. The van der Waals surface area contributed by atoms with Crippen LogP contribution < -0.4 is 20.7 Å². The molecule has 16 aromatic rings. The number of thiazole rings is 2. The summed E-state index contributed by atoms with van der Waals surface area (Å²) in [5, 5.41) is 12.7. The van der Waals surface area contributed by atoms with Crippen LogP contribution in [0.15, 0.2) is 267 Å². The van der Waals surface area contributed by atoms with Gasteiger partial charge in [-0.05, 0) is 138 Å². The monoisotopic (exact) mass is 1080 g/mol. The third-order valence-corrected chi connectivity index (χ3v) is 24.5. The molecule has 4 nitrogen and oxygen atoms in total. The number of para-hydroxylation sites is 6. The van der Waals surface area contributed by atoms with Gasteiger partial charge in [0.05, 0.1) is 42.5 Å². The smallest absolute Gasteiger partial charge is 0.182 e. The van der Waals surface area contributed by atoms with Crippen LogP contribution in [0.25, 0.3) is 141 Å². The Hall–Kier alpha value is -9.76. The number of hydrogen-bond donors (Lipinski definition) is 0. The highest BCUT2D eigenvalue weighted by Gasteiger charge is 2.56. The van der Waals surface area contributed by atoms with E-state index in [1.807, 2.05) is 0 Å². The molecule has 0 fully saturated rings. The first-order valence-corrected chi connectivity index (χ1v) is 31.3. The van der Waals surface area contributed by atoms with Crippen molar-refractivity contribution in [1.29, 1.82) is 0 Å². The second-order valence-electron chi connectivity index (χ2n) is 21.5. The van der Waals surface area contributed by atoms with E-state index in [0.717, 1.165) is 32.4 Å². The topological polar surface area (TPSA) is 35.6 Å². The molecule has 0 radical (unpaired) electrons. The third kappa shape index (κ3) is 6.28. The molecule has 6 heterocycles. The van der Waals surface area contributed by atoms with Crippen molar-refractivity contribution in [2.24, 2.45) is 0 Å². The number of aromatic nitrogens is 4. The van der Waals surface area contributed by atoms with Gasteiger partial charge in [0, 0.05) is 44.0 Å². The van der Waals surface area contributed by atoms with Crippen LogP contribution in [0.2, 0.25) is 0 Å². The van der Waals surface area contributed by atoms with E-state index in [4.69, 9.17) is 9.97 Å². The predicted octanol–water partition coefficient (Wildman–Crippen LogP) is 17.1. The molecule has 0 saturated heterocycles. The second-order valence-corrected chi connectivity index (χ2v) is 27.2. The lowest BCUT2D eigenvalue weighted by Gasteiger charge is -2.28. The summed E-state index contributed by atoms with van der Waals surface area (Å²) in [5.41, 5.74) is 21.5. The lowest BCUT2D eigenvalue weighted by atomic mass is 9.89. The highest BCUT2D eigenvalue weighted by molar-refractivity contribution is 7.25. The molecule has 2 aliphatic rings. The zero-order chi connectivity index (χ0) is 52.9. The molecule has 2 aliphatic heterocycles. The Morgan fingerprint density at radius 2 is 0.642 bits per heavy atom. The molecule has 1 spiro atoms. The second kappa shape index (κ2) is 17.1. The first kappa shape index (κ1) is 45.1. The average Bonchev–Trinajstić information content (AvgIpc) is 2.50. The maximum atomic E-state index is 5.44. The van der Waals surface area contributed by atoms with Crippen molar-refractivity contribution in [1.82, 2.24) is 19.1 Å². The maximum Gasteiger partial charge on any atom is 0.182 e. The van der Waals surface area contributed by atoms with Crippen molar-refractivity contribution in [3.63, 3.8) is 0 Å². The molecule has 0 amide bonds. The Bertz CT molecular complexity index is 4920. The van der Waals surface area contributed by atoms with Gasteiger partial charge in [-0.1, -0.05) is 194 Å². The minimum atomic E-state index is -3.23. The van der Waals surface area contributed by atoms with Crippen molar-refractivity contribution < 1.29 is 0 Å². The van der Waals surface area contributed by atoms with Crippen molar-refractivity contribution >= 4 is 116 Å². The fourth-order valence-corrected chi connectivity index (χ4v) is 21.9. The standard InChI is InChI=1S/C74H44N4S2Si/c1-3-19-47(20-4-1)77-59-31-11-7-23-51(59)53-41-39-45(43-61(53)77)49-25-15-35-65-69(49)70-50(46-40-42-54-52-24-8-12-32-60(52)78(62(54)44-46)48-21-5-2-6-22-48)26-16-36-66(70)81(65)67-37-17-27-55(73-75-57-29-9-13-33-63(57)79-73)71(67)72-56(28-18-38-68(72)81)74-76-58-30-10-14-34-64(58)80-74/h1-44H. The van der Waals surface area contributed by atoms with E-state index in [-0.39, 0.29) is 0 Å². The zero-order valence-electron chi connectivity index (χ0n) is 43.5. The SMILES string of the molecule is c1ccc(-n2c3ccccc3c3ccc(-c4cccc5c4-c4c(-c6ccc7c8ccccc8n(-c8ccccc8)c7c6)cccc4[Si]54c5cccc(-c6nc7ccccc7s6)c5-c5c(-c6nc7ccccc7s6)cccc54)cc32)cc1. The van der Waals surface area contributed by atoms with Crippen LogP contribution in [0, 0.1) is 0 Å². The quantitative estimate of drug-likeness (QED) is 0.156. The lowest BCUT2D eigenvalue weighted by Crippen LogP contribution is -2.70. The van der Waals surface area contributed by atoms with Gasteiger partial charge in [0.2, 0.25) is 0 Å². The Kier molecular flexibility index (Phi) is 9.54. The predicted molar refractivity (Wildman–Crippen MR) is 345 cm³/mol. The highest BCUT2D eigenvalue weighted by atomic mass is 32.1. The van der Waals surface area contributed by atoms with Crippen molar-refractivity contribution in [3.05, 3.63) is 267 Å². The maximum absolute atomic E-state index is 5.44. The van der Waals surface area contributed by atoms with Gasteiger partial charge in [-0.3, -0.25) is 0 Å². The van der Waals surface area contributed by atoms with Crippen LogP contribution in [0.4, 0.5) is 0 Å². The Morgan fingerprint density at radius 1 is 0.284 bits per heavy atom. The van der Waals surface area contributed by atoms with Crippen LogP contribution in [0.5, 0.6) is 0 Å². The van der Waals surface area contributed by atoms with Gasteiger partial charge >= 0.3 is 0 Å². The van der Waals surface area contributed by atoms with E-state index in [1.54, 1.807) is 22.7 Å². The van der Waals surface area contributed by atoms with Gasteiger partial charge in [0.1, 0.15) is 10.0 Å². The molecule has 376 valence electrons. The van der Waals surface area contributed by atoms with Gasteiger partial charge in [-0.25, -0.2) is 9.97 Å². The average molecular weight is 1080 g/mol. The molecular formula is C74H44N4S2Si. The molecule has 0 N–H and O–H groups in total. The Morgan fingerprint density at radius 3 is 1.07 bits per heavy atom. The van der Waals surface area contributed by atoms with E-state index >= 15 is 0 Å². The molecule has 81 heavy (non-hydrogen) atoms. The van der Waals surface area contributed by atoms with Crippen molar-refractivity contribution in [2.75, 3.05) is 0 Å². The number of benzene rings is 12. The van der Waals surface area contributed by atoms with E-state index in [1.165, 1.54) is 129 Å². The fourth-order valence-electron chi connectivity index (χ4n) is 14.2. The number of nitrogens with zero attached hydrogens (tertiary/aromatic N) is 4.